The third-order valence-electron chi connectivity index (χ3n) is 5.20. The molecule has 35 heavy (non-hydrogen) atoms. The molecule has 0 saturated carbocycles. The molecule has 1 heterocycles. The van der Waals surface area contributed by atoms with Gasteiger partial charge in [-0.25, -0.2) is 9.78 Å². The minimum atomic E-state index is -9.98. The lowest BCUT2D eigenvalue weighted by atomic mass is 10.0. The van der Waals surface area contributed by atoms with Gasteiger partial charge in [-0.15, -0.1) is 0 Å². The first kappa shape index (κ1) is 24.5. The Hall–Kier alpha value is -3.66. The topological polar surface area (TPSA) is 59.4 Å². The normalized spacial score (nSPS) is 13.9. The zero-order chi connectivity index (χ0) is 25.7. The van der Waals surface area contributed by atoms with E-state index in [1.54, 1.807) is 24.3 Å². The number of carboxylic acid groups (broad SMARTS) is 1. The number of fused-ring (bicyclic) bond motifs is 1. The molecule has 4 nitrogen and oxygen atoms in total. The molecule has 184 valence electrons. The van der Waals surface area contributed by atoms with Crippen molar-refractivity contribution >= 4 is 27.1 Å². The molecule has 0 radical (unpaired) electrons. The molecule has 0 saturated heterocycles. The Morgan fingerprint density at radius 1 is 0.829 bits per heavy atom. The van der Waals surface area contributed by atoms with Crippen molar-refractivity contribution in [1.29, 1.82) is 0 Å². The lowest BCUT2D eigenvalue weighted by Crippen LogP contribution is -2.07. The van der Waals surface area contributed by atoms with Gasteiger partial charge in [-0.3, -0.25) is 0 Å². The second-order valence-corrected chi connectivity index (χ2v) is 10.7. The second kappa shape index (κ2) is 7.67. The molecule has 0 fully saturated rings. The quantitative estimate of drug-likeness (QED) is 0.264. The van der Waals surface area contributed by atoms with Gasteiger partial charge in [-0.1, -0.05) is 55.8 Å². The average Bonchev–Trinajstić information content (AvgIpc) is 2.76. The van der Waals surface area contributed by atoms with Crippen molar-refractivity contribution in [3.05, 3.63) is 78.4 Å². The molecule has 0 bridgehead atoms. The fourth-order valence-corrected chi connectivity index (χ4v) is 4.27. The molecule has 1 N–H and O–H groups in total. The summed E-state index contributed by atoms with van der Waals surface area (Å²) in [7, 11) is -9.98. The number of aromatic carboxylic acids is 1. The van der Waals surface area contributed by atoms with E-state index in [1.807, 2.05) is 38.1 Å². The number of pyridine rings is 1. The van der Waals surface area contributed by atoms with E-state index in [0.29, 0.717) is 5.56 Å². The van der Waals surface area contributed by atoms with Gasteiger partial charge >= 0.3 is 16.2 Å². The van der Waals surface area contributed by atoms with Crippen molar-refractivity contribution in [2.24, 2.45) is 0 Å². The second-order valence-electron chi connectivity index (χ2n) is 8.28. The highest BCUT2D eigenvalue weighted by atomic mass is 32.5. The Morgan fingerprint density at radius 3 is 1.89 bits per heavy atom. The van der Waals surface area contributed by atoms with Crippen LogP contribution in [0.5, 0.6) is 5.75 Å². The van der Waals surface area contributed by atoms with E-state index in [2.05, 4.69) is 4.98 Å². The molecule has 0 spiro atoms. The lowest BCUT2D eigenvalue weighted by molar-refractivity contribution is 0.0699. The summed E-state index contributed by atoms with van der Waals surface area (Å²) < 4.78 is 71.8. The van der Waals surface area contributed by atoms with E-state index in [1.165, 1.54) is 0 Å². The summed E-state index contributed by atoms with van der Waals surface area (Å²) in [6.45, 7) is 3.85. The number of carbonyl (C=O) groups is 1. The number of aromatic nitrogens is 1. The predicted molar refractivity (Wildman–Crippen MR) is 127 cm³/mol. The Bertz CT molecular complexity index is 1440. The van der Waals surface area contributed by atoms with Crippen molar-refractivity contribution in [2.45, 2.75) is 24.8 Å². The van der Waals surface area contributed by atoms with E-state index in [4.69, 9.17) is 4.74 Å². The molecular weight excluding hydrogens is 489 g/mol. The Morgan fingerprint density at radius 2 is 1.37 bits per heavy atom. The number of carboxylic acids is 1. The zero-order valence-electron chi connectivity index (χ0n) is 18.5. The minimum absolute atomic E-state index is 0.0447. The fraction of sp³-hybridized carbons (Fsp3) is 0.120. The van der Waals surface area contributed by atoms with Crippen LogP contribution in [0.4, 0.5) is 19.4 Å². The average molecular weight is 509 g/mol. The summed E-state index contributed by atoms with van der Waals surface area (Å²) in [5.41, 5.74) is 1.77. The fourth-order valence-electron chi connectivity index (χ4n) is 3.60. The van der Waals surface area contributed by atoms with Crippen LogP contribution in [0, 0.1) is 0 Å². The van der Waals surface area contributed by atoms with Crippen molar-refractivity contribution in [2.75, 3.05) is 0 Å². The number of nitrogens with zero attached hydrogens (tertiary/aromatic N) is 1. The number of halogens is 5. The van der Waals surface area contributed by atoms with E-state index >= 15 is 0 Å². The maximum Gasteiger partial charge on any atom is 0.336 e. The highest BCUT2D eigenvalue weighted by molar-refractivity contribution is 8.45. The summed E-state index contributed by atoms with van der Waals surface area (Å²) in [6, 6.07) is 16.6. The highest BCUT2D eigenvalue weighted by Gasteiger charge is 2.65. The maximum atomic E-state index is 13.2. The van der Waals surface area contributed by atoms with Gasteiger partial charge in [0.25, 0.3) is 0 Å². The summed E-state index contributed by atoms with van der Waals surface area (Å²) in [4.78, 5) is 13.8. The first-order valence-electron chi connectivity index (χ1n) is 10.4. The van der Waals surface area contributed by atoms with E-state index in [0.717, 1.165) is 29.0 Å². The predicted octanol–water partition coefficient (Wildman–Crippen LogP) is 8.71. The monoisotopic (exact) mass is 509 g/mol. The van der Waals surface area contributed by atoms with Crippen molar-refractivity contribution < 1.29 is 34.1 Å². The highest BCUT2D eigenvalue weighted by Crippen LogP contribution is 3.02. The van der Waals surface area contributed by atoms with Crippen LogP contribution < -0.4 is 4.74 Å². The van der Waals surface area contributed by atoms with E-state index < -0.39 is 32.0 Å². The van der Waals surface area contributed by atoms with Crippen molar-refractivity contribution in [3.8, 4) is 28.1 Å². The lowest BCUT2D eigenvalue weighted by Gasteiger charge is -2.40. The number of ether oxygens (including phenoxy) is 1. The Balaban J connectivity index is 1.73. The summed E-state index contributed by atoms with van der Waals surface area (Å²) in [6.07, 6.45) is 0.0447. The Kier molecular flexibility index (Phi) is 5.36. The first-order chi connectivity index (χ1) is 16.1. The summed E-state index contributed by atoms with van der Waals surface area (Å²) in [5, 5.41) is 9.03. The molecule has 10 heteroatoms. The zero-order valence-corrected chi connectivity index (χ0v) is 19.3. The van der Waals surface area contributed by atoms with Gasteiger partial charge in [0.1, 0.15) is 10.6 Å². The largest absolute Gasteiger partial charge is 0.491 e. The minimum Gasteiger partial charge on any atom is -0.491 e. The van der Waals surface area contributed by atoms with Crippen molar-refractivity contribution in [3.63, 3.8) is 0 Å². The van der Waals surface area contributed by atoms with Crippen LogP contribution in [-0.2, 0) is 0 Å². The van der Waals surface area contributed by atoms with Crippen LogP contribution in [-0.4, -0.2) is 22.2 Å². The van der Waals surface area contributed by atoms with Crippen LogP contribution in [0.3, 0.4) is 0 Å². The van der Waals surface area contributed by atoms with Crippen LogP contribution in [0.15, 0.2) is 77.7 Å². The summed E-state index contributed by atoms with van der Waals surface area (Å²) >= 11 is 0. The van der Waals surface area contributed by atoms with Crippen LogP contribution in [0.1, 0.15) is 24.2 Å². The van der Waals surface area contributed by atoms with Gasteiger partial charge in [0, 0.05) is 10.9 Å². The molecule has 0 amide bonds. The number of rotatable bonds is 6. The summed E-state index contributed by atoms with van der Waals surface area (Å²) in [5.74, 6) is -0.825. The van der Waals surface area contributed by atoms with E-state index in [-0.39, 0.29) is 29.4 Å². The standard InChI is InChI=1S/C25H20F5NO3S/c1-15(2)34-19-9-7-17(8-10-19)16-3-5-18(6-4-16)24-14-22(25(32)33)21-13-20(11-12-23(21)31-24)35(26,27,28,29)30/h3-15H,1-2H3,(H,32,33). The molecule has 1 aromatic heterocycles. The van der Waals surface area contributed by atoms with Gasteiger partial charge in [-0.05, 0) is 61.4 Å². The first-order valence-corrected chi connectivity index (χ1v) is 12.4. The smallest absolute Gasteiger partial charge is 0.336 e. The number of hydrogen-bond acceptors (Lipinski definition) is 3. The number of hydrogen-bond donors (Lipinski definition) is 1. The van der Waals surface area contributed by atoms with Crippen molar-refractivity contribution in [1.82, 2.24) is 4.98 Å². The molecule has 4 aromatic rings. The molecule has 0 aliphatic heterocycles. The Labute approximate surface area is 197 Å². The molecule has 0 unspecified atom stereocenters. The molecule has 4 rings (SSSR count). The van der Waals surface area contributed by atoms with Gasteiger partial charge < -0.3 is 9.84 Å². The van der Waals surface area contributed by atoms with Crippen LogP contribution in [0.2, 0.25) is 0 Å². The van der Waals surface area contributed by atoms with E-state index in [9.17, 15) is 29.3 Å². The van der Waals surface area contributed by atoms with Gasteiger partial charge in [0.2, 0.25) is 0 Å². The van der Waals surface area contributed by atoms with Crippen LogP contribution in [0.25, 0.3) is 33.3 Å². The van der Waals surface area contributed by atoms with Gasteiger partial charge in [-0.2, -0.15) is 0 Å². The molecule has 0 atom stereocenters. The molecule has 3 aromatic carbocycles. The SMILES string of the molecule is CC(C)Oc1ccc(-c2ccc(-c3cc(C(=O)O)c4cc(S(F)(F)(F)(F)F)ccc4n3)cc2)cc1. The third-order valence-corrected chi connectivity index (χ3v) is 6.34. The molecule has 0 aliphatic rings. The van der Waals surface area contributed by atoms with Gasteiger partial charge in [0.05, 0.1) is 22.9 Å². The third kappa shape index (κ3) is 5.37. The maximum absolute atomic E-state index is 13.2. The number of benzene rings is 3. The molecule has 0 aliphatic carbocycles. The molecular formula is C25H20F5NO3S. The van der Waals surface area contributed by atoms with Gasteiger partial charge in [0.15, 0.2) is 0 Å². The van der Waals surface area contributed by atoms with Crippen LogP contribution >= 0.6 is 10.2 Å².